The third kappa shape index (κ3) is 4.36. The highest BCUT2D eigenvalue weighted by Gasteiger charge is 2.18. The Morgan fingerprint density at radius 2 is 2.33 bits per heavy atom. The van der Waals surface area contributed by atoms with Crippen molar-refractivity contribution in [2.45, 2.75) is 11.9 Å². The van der Waals surface area contributed by atoms with Crippen molar-refractivity contribution in [2.24, 2.45) is 0 Å². The predicted molar refractivity (Wildman–Crippen MR) is 70.8 cm³/mol. The summed E-state index contributed by atoms with van der Waals surface area (Å²) in [6, 6.07) is 3.45. The molecule has 1 N–H and O–H groups in total. The summed E-state index contributed by atoms with van der Waals surface area (Å²) in [6.45, 7) is 0.415. The number of methoxy groups -OCH3 is 1. The summed E-state index contributed by atoms with van der Waals surface area (Å²) in [5.74, 6) is 1.57. The minimum Gasteiger partial charge on any atom is -0.455 e. The van der Waals surface area contributed by atoms with E-state index in [1.807, 2.05) is 6.26 Å². The first kappa shape index (κ1) is 15.1. The highest BCUT2D eigenvalue weighted by molar-refractivity contribution is 7.97. The van der Waals surface area contributed by atoms with E-state index in [-0.39, 0.29) is 19.1 Å². The van der Waals surface area contributed by atoms with Gasteiger partial charge in [-0.3, -0.25) is 4.79 Å². The van der Waals surface area contributed by atoms with Crippen LogP contribution in [0.4, 0.5) is 0 Å². The van der Waals surface area contributed by atoms with Crippen molar-refractivity contribution in [3.05, 3.63) is 23.7 Å². The molecule has 0 aliphatic carbocycles. The molecule has 1 unspecified atom stereocenters. The maximum absolute atomic E-state index is 12.0. The van der Waals surface area contributed by atoms with E-state index in [0.29, 0.717) is 5.76 Å². The van der Waals surface area contributed by atoms with Crippen LogP contribution in [0.25, 0.3) is 0 Å². The fourth-order valence-electron chi connectivity index (χ4n) is 1.54. The van der Waals surface area contributed by atoms with Crippen LogP contribution in [-0.2, 0) is 10.5 Å². The Hall–Kier alpha value is -0.980. The molecule has 6 heteroatoms. The van der Waals surface area contributed by atoms with Gasteiger partial charge in [-0.25, -0.2) is 0 Å². The van der Waals surface area contributed by atoms with Crippen LogP contribution in [0, 0.1) is 0 Å². The van der Waals surface area contributed by atoms with E-state index < -0.39 is 6.10 Å². The molecular formula is C12H19NO4S. The lowest BCUT2D eigenvalue weighted by Gasteiger charge is -2.19. The molecule has 0 radical (unpaired) electrons. The summed E-state index contributed by atoms with van der Waals surface area (Å²) in [5, 5.41) is 9.55. The standard InChI is InChI=1S/C12H19NO4S/c1-13(6-9(14)7-16-2)12(15)11-5-4-10(17-11)8-18-3/h4-5,9,14H,6-8H2,1-3H3. The number of likely N-dealkylation sites (N-methyl/N-ethyl adjacent to an activating group) is 1. The monoisotopic (exact) mass is 273 g/mol. The van der Waals surface area contributed by atoms with Gasteiger partial charge in [-0.15, -0.1) is 0 Å². The van der Waals surface area contributed by atoms with Crippen LogP contribution >= 0.6 is 11.8 Å². The van der Waals surface area contributed by atoms with E-state index in [0.717, 1.165) is 11.5 Å². The number of aliphatic hydroxyl groups excluding tert-OH is 1. The summed E-state index contributed by atoms with van der Waals surface area (Å²) in [7, 11) is 3.13. The average molecular weight is 273 g/mol. The smallest absolute Gasteiger partial charge is 0.289 e. The Morgan fingerprint density at radius 3 is 2.94 bits per heavy atom. The third-order valence-corrected chi connectivity index (χ3v) is 2.92. The second-order valence-electron chi connectivity index (χ2n) is 3.99. The number of rotatable bonds is 7. The maximum atomic E-state index is 12.0. The molecule has 1 amide bonds. The van der Waals surface area contributed by atoms with Crippen molar-refractivity contribution in [2.75, 3.05) is 33.6 Å². The van der Waals surface area contributed by atoms with Crippen LogP contribution in [0.15, 0.2) is 16.5 Å². The Morgan fingerprint density at radius 1 is 1.61 bits per heavy atom. The van der Waals surface area contributed by atoms with Crippen LogP contribution in [0.1, 0.15) is 16.3 Å². The lowest BCUT2D eigenvalue weighted by molar-refractivity contribution is 0.0367. The number of hydrogen-bond donors (Lipinski definition) is 1. The maximum Gasteiger partial charge on any atom is 0.289 e. The van der Waals surface area contributed by atoms with Crippen LogP contribution < -0.4 is 0 Å². The largest absolute Gasteiger partial charge is 0.455 e. The number of furan rings is 1. The first-order valence-corrected chi connectivity index (χ1v) is 6.98. The van der Waals surface area contributed by atoms with Crippen LogP contribution in [-0.4, -0.2) is 55.6 Å². The normalized spacial score (nSPS) is 12.4. The molecule has 102 valence electrons. The molecule has 0 aromatic carbocycles. The molecule has 0 spiro atoms. The number of nitrogens with zero attached hydrogens (tertiary/aromatic N) is 1. The number of aliphatic hydroxyl groups is 1. The number of ether oxygens (including phenoxy) is 1. The van der Waals surface area contributed by atoms with Gasteiger partial charge in [0, 0.05) is 20.7 Å². The Bertz CT molecular complexity index is 380. The minimum absolute atomic E-state index is 0.202. The number of carbonyl (C=O) groups is 1. The van der Waals surface area contributed by atoms with Gasteiger partial charge in [0.25, 0.3) is 5.91 Å². The average Bonchev–Trinajstić information content (AvgIpc) is 2.77. The predicted octanol–water partition coefficient (Wildman–Crippen LogP) is 1.22. The van der Waals surface area contributed by atoms with E-state index in [9.17, 15) is 9.90 Å². The minimum atomic E-state index is -0.690. The zero-order valence-electron chi connectivity index (χ0n) is 10.9. The SMILES string of the molecule is COCC(O)CN(C)C(=O)c1ccc(CSC)o1. The van der Waals surface area contributed by atoms with Gasteiger partial charge < -0.3 is 19.2 Å². The molecule has 1 aromatic rings. The van der Waals surface area contributed by atoms with E-state index in [1.54, 1.807) is 30.9 Å². The van der Waals surface area contributed by atoms with Crippen molar-refractivity contribution in [1.29, 1.82) is 0 Å². The van der Waals surface area contributed by atoms with Gasteiger partial charge in [-0.05, 0) is 18.4 Å². The summed E-state index contributed by atoms with van der Waals surface area (Å²) >= 11 is 1.63. The molecule has 0 bridgehead atoms. The van der Waals surface area contributed by atoms with Crippen molar-refractivity contribution in [3.8, 4) is 0 Å². The van der Waals surface area contributed by atoms with Gasteiger partial charge in [-0.1, -0.05) is 0 Å². The van der Waals surface area contributed by atoms with E-state index in [4.69, 9.17) is 9.15 Å². The van der Waals surface area contributed by atoms with Crippen LogP contribution in [0.5, 0.6) is 0 Å². The van der Waals surface area contributed by atoms with Crippen molar-refractivity contribution < 1.29 is 19.1 Å². The van der Waals surface area contributed by atoms with Gasteiger partial charge in [0.05, 0.1) is 18.5 Å². The van der Waals surface area contributed by atoms with E-state index in [1.165, 1.54) is 12.0 Å². The molecular weight excluding hydrogens is 254 g/mol. The molecule has 18 heavy (non-hydrogen) atoms. The highest BCUT2D eigenvalue weighted by Crippen LogP contribution is 2.14. The number of thioether (sulfide) groups is 1. The lowest BCUT2D eigenvalue weighted by atomic mass is 10.3. The summed E-state index contributed by atoms with van der Waals surface area (Å²) in [6.07, 6.45) is 1.28. The topological polar surface area (TPSA) is 62.9 Å². The molecule has 1 aromatic heterocycles. The summed E-state index contributed by atoms with van der Waals surface area (Å²) in [5.41, 5.74) is 0. The van der Waals surface area contributed by atoms with Crippen molar-refractivity contribution in [1.82, 2.24) is 4.90 Å². The Balaban J connectivity index is 2.56. The number of carbonyl (C=O) groups excluding carboxylic acids is 1. The number of hydrogen-bond acceptors (Lipinski definition) is 5. The van der Waals surface area contributed by atoms with Gasteiger partial charge >= 0.3 is 0 Å². The van der Waals surface area contributed by atoms with Gasteiger partial charge in [0.1, 0.15) is 5.76 Å². The lowest BCUT2D eigenvalue weighted by Crippen LogP contribution is -2.36. The summed E-state index contributed by atoms with van der Waals surface area (Å²) < 4.78 is 10.2. The van der Waals surface area contributed by atoms with Gasteiger partial charge in [-0.2, -0.15) is 11.8 Å². The highest BCUT2D eigenvalue weighted by atomic mass is 32.2. The Kier molecular flexibility index (Phi) is 6.24. The van der Waals surface area contributed by atoms with E-state index in [2.05, 4.69) is 0 Å². The fraction of sp³-hybridized carbons (Fsp3) is 0.583. The van der Waals surface area contributed by atoms with Gasteiger partial charge in [0.2, 0.25) is 0 Å². The zero-order chi connectivity index (χ0) is 13.5. The Labute approximate surface area is 111 Å². The molecule has 1 atom stereocenters. The van der Waals surface area contributed by atoms with Crippen LogP contribution in [0.2, 0.25) is 0 Å². The van der Waals surface area contributed by atoms with E-state index >= 15 is 0 Å². The van der Waals surface area contributed by atoms with Gasteiger partial charge in [0.15, 0.2) is 5.76 Å². The summed E-state index contributed by atoms with van der Waals surface area (Å²) in [4.78, 5) is 13.4. The first-order valence-electron chi connectivity index (χ1n) is 5.58. The molecule has 0 aliphatic rings. The number of amides is 1. The molecule has 5 nitrogen and oxygen atoms in total. The molecule has 0 fully saturated rings. The quantitative estimate of drug-likeness (QED) is 0.809. The molecule has 0 aliphatic heterocycles. The molecule has 1 heterocycles. The third-order valence-electron chi connectivity index (χ3n) is 2.35. The zero-order valence-corrected chi connectivity index (χ0v) is 11.7. The molecule has 1 rings (SSSR count). The second-order valence-corrected chi connectivity index (χ2v) is 4.86. The first-order chi connectivity index (χ1) is 8.58. The fourth-order valence-corrected chi connectivity index (χ4v) is 1.98. The molecule has 0 saturated carbocycles. The van der Waals surface area contributed by atoms with Crippen molar-refractivity contribution in [3.63, 3.8) is 0 Å². The van der Waals surface area contributed by atoms with Crippen molar-refractivity contribution >= 4 is 17.7 Å². The van der Waals surface area contributed by atoms with Crippen LogP contribution in [0.3, 0.4) is 0 Å². The molecule has 0 saturated heterocycles. The second kappa shape index (κ2) is 7.45.